The van der Waals surface area contributed by atoms with Gasteiger partial charge in [0.25, 0.3) is 0 Å². The van der Waals surface area contributed by atoms with E-state index in [0.29, 0.717) is 11.3 Å². The minimum atomic E-state index is -0.573. The zero-order valence-corrected chi connectivity index (χ0v) is 8.29. The van der Waals surface area contributed by atoms with Gasteiger partial charge in [-0.2, -0.15) is 0 Å². The highest BCUT2D eigenvalue weighted by Gasteiger charge is 2.04. The van der Waals surface area contributed by atoms with E-state index in [-0.39, 0.29) is 0 Å². The summed E-state index contributed by atoms with van der Waals surface area (Å²) < 4.78 is 4.81. The number of rotatable bonds is 4. The van der Waals surface area contributed by atoms with Crippen LogP contribution < -0.4 is 4.74 Å². The molecule has 0 aliphatic heterocycles. The van der Waals surface area contributed by atoms with Crippen molar-refractivity contribution in [3.05, 3.63) is 42.5 Å². The van der Waals surface area contributed by atoms with Crippen molar-refractivity contribution in [2.75, 3.05) is 0 Å². The molecule has 16 heavy (non-hydrogen) atoms. The van der Waals surface area contributed by atoms with Crippen molar-refractivity contribution in [1.29, 1.82) is 0 Å². The molecule has 0 amide bonds. The van der Waals surface area contributed by atoms with Gasteiger partial charge in [0.2, 0.25) is 5.78 Å². The third-order valence-electron chi connectivity index (χ3n) is 1.70. The zero-order valence-electron chi connectivity index (χ0n) is 8.29. The van der Waals surface area contributed by atoms with Gasteiger partial charge in [0, 0.05) is 11.6 Å². The van der Waals surface area contributed by atoms with Gasteiger partial charge in [-0.25, -0.2) is 4.79 Å². The van der Waals surface area contributed by atoms with Gasteiger partial charge in [0.1, 0.15) is 12.0 Å². The van der Waals surface area contributed by atoms with Crippen LogP contribution in [0.4, 0.5) is 0 Å². The Labute approximate surface area is 91.6 Å². The van der Waals surface area contributed by atoms with Crippen LogP contribution in [0.25, 0.3) is 0 Å². The first-order chi connectivity index (χ1) is 7.67. The molecular weight excluding hydrogens is 210 g/mol. The van der Waals surface area contributed by atoms with E-state index < -0.39 is 11.8 Å². The molecule has 0 saturated heterocycles. The lowest BCUT2D eigenvalue weighted by Gasteiger charge is -2.01. The molecule has 0 atom stereocenters. The number of esters is 1. The lowest BCUT2D eigenvalue weighted by Crippen LogP contribution is -2.04. The fourth-order valence-corrected chi connectivity index (χ4v) is 0.972. The number of hydrogen-bond donors (Lipinski definition) is 1. The van der Waals surface area contributed by atoms with Crippen LogP contribution in [0.3, 0.4) is 0 Å². The van der Waals surface area contributed by atoms with Crippen LogP contribution in [-0.2, 0) is 4.79 Å². The van der Waals surface area contributed by atoms with E-state index in [9.17, 15) is 9.59 Å². The van der Waals surface area contributed by atoms with Crippen LogP contribution in [0, 0.1) is 0 Å². The predicted octanol–water partition coefficient (Wildman–Crippen LogP) is 1.42. The molecule has 5 nitrogen and oxygen atoms in total. The van der Waals surface area contributed by atoms with Crippen molar-refractivity contribution >= 4 is 18.0 Å². The van der Waals surface area contributed by atoms with Gasteiger partial charge in [-0.15, -0.1) is 0 Å². The Morgan fingerprint density at radius 2 is 1.94 bits per heavy atom. The summed E-state index contributed by atoms with van der Waals surface area (Å²) in [6, 6.07) is 5.82. The van der Waals surface area contributed by atoms with Crippen molar-refractivity contribution in [2.45, 2.75) is 0 Å². The number of ether oxygens (including phenoxy) is 1. The molecule has 0 saturated carbocycles. The fourth-order valence-electron chi connectivity index (χ4n) is 0.972. The molecule has 0 aliphatic carbocycles. The summed E-state index contributed by atoms with van der Waals surface area (Å²) in [5.41, 5.74) is 0.330. The highest BCUT2D eigenvalue weighted by molar-refractivity contribution is 6.35. The van der Waals surface area contributed by atoms with E-state index in [1.807, 2.05) is 0 Å². The molecule has 1 rings (SSSR count). The Morgan fingerprint density at radius 1 is 1.31 bits per heavy atom. The number of benzene rings is 1. The first-order valence-electron chi connectivity index (χ1n) is 4.33. The Kier molecular flexibility index (Phi) is 3.97. The van der Waals surface area contributed by atoms with Crippen molar-refractivity contribution < 1.29 is 19.5 Å². The van der Waals surface area contributed by atoms with Gasteiger partial charge in [-0.3, -0.25) is 4.79 Å². The fraction of sp³-hybridized carbons (Fsp3) is 0. The van der Waals surface area contributed by atoms with Crippen molar-refractivity contribution in [1.82, 2.24) is 0 Å². The molecule has 0 unspecified atom stereocenters. The third-order valence-corrected chi connectivity index (χ3v) is 1.70. The number of Topliss-reactive ketones (excluding diaryl/α,β-unsaturated/α-hetero) is 1. The summed E-state index contributed by atoms with van der Waals surface area (Å²) in [6.45, 7) is 3.25. The second-order valence-electron chi connectivity index (χ2n) is 2.76. The number of ketones is 1. The number of hydrogen-bond acceptors (Lipinski definition) is 5. The first kappa shape index (κ1) is 11.6. The minimum Gasteiger partial charge on any atom is -0.423 e. The van der Waals surface area contributed by atoms with E-state index in [0.717, 1.165) is 12.3 Å². The highest BCUT2D eigenvalue weighted by atomic mass is 16.5. The largest absolute Gasteiger partial charge is 0.423 e. The normalized spacial score (nSPS) is 10.0. The molecular formula is C11H9NO4. The summed E-state index contributed by atoms with van der Waals surface area (Å²) in [6.07, 6.45) is 1.82. The van der Waals surface area contributed by atoms with E-state index in [1.165, 1.54) is 24.3 Å². The van der Waals surface area contributed by atoms with Gasteiger partial charge in [-0.05, 0) is 24.3 Å². The van der Waals surface area contributed by atoms with Crippen molar-refractivity contribution in [3.8, 4) is 5.75 Å². The number of carbonyl (C=O) groups is 2. The monoisotopic (exact) mass is 219 g/mol. The van der Waals surface area contributed by atoms with Gasteiger partial charge in [-0.1, -0.05) is 11.7 Å². The van der Waals surface area contributed by atoms with Crippen LogP contribution >= 0.6 is 0 Å². The molecule has 1 aromatic carbocycles. The number of nitrogens with zero attached hydrogens (tertiary/aromatic N) is 1. The maximum atomic E-state index is 11.2. The highest BCUT2D eigenvalue weighted by Crippen LogP contribution is 2.12. The molecule has 0 aromatic heterocycles. The molecule has 0 radical (unpaired) electrons. The van der Waals surface area contributed by atoms with Crippen molar-refractivity contribution in [3.63, 3.8) is 0 Å². The topological polar surface area (TPSA) is 76.0 Å². The van der Waals surface area contributed by atoms with Gasteiger partial charge in [0.15, 0.2) is 0 Å². The van der Waals surface area contributed by atoms with Gasteiger partial charge in [0.05, 0.1) is 0 Å². The molecule has 1 N–H and O–H groups in total. The summed E-state index contributed by atoms with van der Waals surface area (Å²) in [4.78, 5) is 22.0. The lowest BCUT2D eigenvalue weighted by atomic mass is 10.1. The molecule has 0 bridgehead atoms. The van der Waals surface area contributed by atoms with Crippen LogP contribution in [-0.4, -0.2) is 23.2 Å². The summed E-state index contributed by atoms with van der Waals surface area (Å²) in [5.74, 6) is -0.706. The van der Waals surface area contributed by atoms with Gasteiger partial charge < -0.3 is 9.94 Å². The summed E-state index contributed by atoms with van der Waals surface area (Å²) >= 11 is 0. The molecule has 0 heterocycles. The maximum Gasteiger partial charge on any atom is 0.335 e. The quantitative estimate of drug-likeness (QED) is 0.158. The Bertz CT molecular complexity index is 434. The summed E-state index contributed by atoms with van der Waals surface area (Å²) in [7, 11) is 0. The summed E-state index contributed by atoms with van der Waals surface area (Å²) in [5, 5.41) is 10.8. The third kappa shape index (κ3) is 3.06. The molecule has 0 aliphatic rings. The van der Waals surface area contributed by atoms with Crippen LogP contribution in [0.15, 0.2) is 42.1 Å². The average molecular weight is 219 g/mol. The second-order valence-corrected chi connectivity index (χ2v) is 2.76. The lowest BCUT2D eigenvalue weighted by molar-refractivity contribution is -0.128. The smallest absolute Gasteiger partial charge is 0.335 e. The molecule has 5 heteroatoms. The maximum absolute atomic E-state index is 11.2. The van der Waals surface area contributed by atoms with E-state index in [4.69, 9.17) is 9.94 Å². The Hall–Kier alpha value is -2.43. The minimum absolute atomic E-state index is 0.308. The number of oxime groups is 1. The SMILES string of the molecule is C=CC(=O)Oc1ccc(C(=O)C=NO)cc1. The van der Waals surface area contributed by atoms with E-state index in [1.54, 1.807) is 0 Å². The molecule has 82 valence electrons. The number of carbonyl (C=O) groups excluding carboxylic acids is 2. The molecule has 0 fully saturated rings. The molecule has 0 spiro atoms. The standard InChI is InChI=1S/C11H9NO4/c1-2-11(14)16-9-5-3-8(4-6-9)10(13)7-12-15/h2-7,15H,1H2. The van der Waals surface area contributed by atoms with Crippen LogP contribution in [0.5, 0.6) is 5.75 Å². The van der Waals surface area contributed by atoms with Gasteiger partial charge >= 0.3 is 5.97 Å². The van der Waals surface area contributed by atoms with E-state index in [2.05, 4.69) is 11.7 Å². The Balaban J connectivity index is 2.79. The van der Waals surface area contributed by atoms with E-state index >= 15 is 0 Å². The average Bonchev–Trinajstić information content (AvgIpc) is 2.30. The Morgan fingerprint density at radius 3 is 2.44 bits per heavy atom. The van der Waals surface area contributed by atoms with Crippen LogP contribution in [0.2, 0.25) is 0 Å². The molecule has 1 aromatic rings. The zero-order chi connectivity index (χ0) is 12.0. The first-order valence-corrected chi connectivity index (χ1v) is 4.33. The van der Waals surface area contributed by atoms with Crippen molar-refractivity contribution in [2.24, 2.45) is 5.16 Å². The second kappa shape index (κ2) is 5.45. The van der Waals surface area contributed by atoms with Crippen LogP contribution in [0.1, 0.15) is 10.4 Å². The predicted molar refractivity (Wildman–Crippen MR) is 56.9 cm³/mol.